The Morgan fingerprint density at radius 1 is 1.73 bits per heavy atom. The summed E-state index contributed by atoms with van der Waals surface area (Å²) >= 11 is 0. The highest BCUT2D eigenvalue weighted by Crippen LogP contribution is 1.73. The SMILES string of the molecule is C=CCCNC(C)=O.O=CO. The standard InChI is InChI=1S/C6H11NO.CH2O2/c1-3-4-5-7-6(2)8;2-1-3/h3H,1,4-5H2,2H3,(H,7,8);1H,(H,2,3). The van der Waals surface area contributed by atoms with Crippen LogP contribution in [0.4, 0.5) is 0 Å². The summed E-state index contributed by atoms with van der Waals surface area (Å²) in [5, 5.41) is 9.53. The fourth-order valence-electron chi connectivity index (χ4n) is 0.350. The molecule has 4 nitrogen and oxygen atoms in total. The van der Waals surface area contributed by atoms with Crippen LogP contribution in [-0.4, -0.2) is 24.0 Å². The molecule has 0 bridgehead atoms. The molecule has 0 heterocycles. The maximum absolute atomic E-state index is 10.2. The maximum Gasteiger partial charge on any atom is 0.290 e. The molecular weight excluding hydrogens is 146 g/mol. The first-order valence-corrected chi connectivity index (χ1v) is 3.12. The van der Waals surface area contributed by atoms with E-state index in [0.717, 1.165) is 6.42 Å². The van der Waals surface area contributed by atoms with Gasteiger partial charge in [0.1, 0.15) is 0 Å². The molecule has 64 valence electrons. The zero-order valence-electron chi connectivity index (χ0n) is 6.54. The molecule has 0 radical (unpaired) electrons. The van der Waals surface area contributed by atoms with Crippen molar-refractivity contribution in [3.05, 3.63) is 12.7 Å². The normalized spacial score (nSPS) is 7.00. The van der Waals surface area contributed by atoms with Crippen molar-refractivity contribution in [3.8, 4) is 0 Å². The van der Waals surface area contributed by atoms with Gasteiger partial charge in [-0.2, -0.15) is 0 Å². The predicted octanol–water partition coefficient (Wildman–Crippen LogP) is 0.399. The van der Waals surface area contributed by atoms with E-state index < -0.39 is 0 Å². The highest BCUT2D eigenvalue weighted by Gasteiger charge is 1.84. The largest absolute Gasteiger partial charge is 0.483 e. The second kappa shape index (κ2) is 11.5. The molecule has 0 aromatic heterocycles. The minimum atomic E-state index is -0.250. The molecule has 0 aliphatic carbocycles. The van der Waals surface area contributed by atoms with Crippen molar-refractivity contribution in [2.24, 2.45) is 0 Å². The lowest BCUT2D eigenvalue weighted by Crippen LogP contribution is -2.20. The van der Waals surface area contributed by atoms with E-state index in [4.69, 9.17) is 9.90 Å². The average molecular weight is 159 g/mol. The lowest BCUT2D eigenvalue weighted by molar-refractivity contribution is -0.123. The second-order valence-corrected chi connectivity index (χ2v) is 1.67. The minimum Gasteiger partial charge on any atom is -0.483 e. The Morgan fingerprint density at radius 2 is 2.18 bits per heavy atom. The Hall–Kier alpha value is -1.32. The van der Waals surface area contributed by atoms with Gasteiger partial charge in [0, 0.05) is 13.5 Å². The molecule has 11 heavy (non-hydrogen) atoms. The third kappa shape index (κ3) is 28.6. The van der Waals surface area contributed by atoms with Crippen LogP contribution < -0.4 is 5.32 Å². The van der Waals surface area contributed by atoms with Crippen molar-refractivity contribution in [2.75, 3.05) is 6.54 Å². The smallest absolute Gasteiger partial charge is 0.290 e. The molecule has 0 unspecified atom stereocenters. The number of carbonyl (C=O) groups is 2. The fourth-order valence-corrected chi connectivity index (χ4v) is 0.350. The van der Waals surface area contributed by atoms with Gasteiger partial charge in [0.25, 0.3) is 6.47 Å². The van der Waals surface area contributed by atoms with E-state index >= 15 is 0 Å². The number of carbonyl (C=O) groups excluding carboxylic acids is 1. The van der Waals surface area contributed by atoms with Gasteiger partial charge in [0.15, 0.2) is 0 Å². The number of nitrogens with one attached hydrogen (secondary N) is 1. The van der Waals surface area contributed by atoms with Gasteiger partial charge >= 0.3 is 0 Å². The van der Waals surface area contributed by atoms with Gasteiger partial charge in [-0.15, -0.1) is 6.58 Å². The van der Waals surface area contributed by atoms with Crippen LogP contribution in [0, 0.1) is 0 Å². The van der Waals surface area contributed by atoms with E-state index in [9.17, 15) is 4.79 Å². The van der Waals surface area contributed by atoms with E-state index in [1.165, 1.54) is 6.92 Å². The van der Waals surface area contributed by atoms with E-state index in [1.54, 1.807) is 6.08 Å². The number of hydrogen-bond donors (Lipinski definition) is 2. The van der Waals surface area contributed by atoms with Crippen LogP contribution in [0.15, 0.2) is 12.7 Å². The summed E-state index contributed by atoms with van der Waals surface area (Å²) in [6.45, 7) is 5.47. The zero-order valence-corrected chi connectivity index (χ0v) is 6.54. The van der Waals surface area contributed by atoms with Gasteiger partial charge in [0.05, 0.1) is 0 Å². The Balaban J connectivity index is 0. The summed E-state index contributed by atoms with van der Waals surface area (Å²) in [5.74, 6) is 0.0202. The topological polar surface area (TPSA) is 66.4 Å². The van der Waals surface area contributed by atoms with E-state index in [0.29, 0.717) is 6.54 Å². The van der Waals surface area contributed by atoms with E-state index in [1.807, 2.05) is 0 Å². The number of rotatable bonds is 3. The third-order valence-electron chi connectivity index (χ3n) is 0.722. The Kier molecular flexibility index (Phi) is 12.9. The van der Waals surface area contributed by atoms with Crippen molar-refractivity contribution in [3.63, 3.8) is 0 Å². The second-order valence-electron chi connectivity index (χ2n) is 1.67. The fraction of sp³-hybridized carbons (Fsp3) is 0.429. The Bertz CT molecular complexity index is 123. The third-order valence-corrected chi connectivity index (χ3v) is 0.722. The molecular formula is C7H13NO3. The highest BCUT2D eigenvalue weighted by atomic mass is 16.3. The maximum atomic E-state index is 10.2. The van der Waals surface area contributed by atoms with E-state index in [-0.39, 0.29) is 12.4 Å². The van der Waals surface area contributed by atoms with Crippen LogP contribution >= 0.6 is 0 Å². The lowest BCUT2D eigenvalue weighted by atomic mass is 10.4. The van der Waals surface area contributed by atoms with Crippen molar-refractivity contribution in [1.82, 2.24) is 5.32 Å². The molecule has 0 fully saturated rings. The highest BCUT2D eigenvalue weighted by molar-refractivity contribution is 5.72. The van der Waals surface area contributed by atoms with E-state index in [2.05, 4.69) is 11.9 Å². The van der Waals surface area contributed by atoms with Crippen LogP contribution in [0.2, 0.25) is 0 Å². The summed E-state index contributed by atoms with van der Waals surface area (Å²) in [4.78, 5) is 18.5. The predicted molar refractivity (Wildman–Crippen MR) is 42.2 cm³/mol. The molecule has 0 aliphatic rings. The number of amides is 1. The van der Waals surface area contributed by atoms with Crippen molar-refractivity contribution in [1.29, 1.82) is 0 Å². The zero-order chi connectivity index (χ0) is 9.11. The first-order valence-electron chi connectivity index (χ1n) is 3.12. The van der Waals surface area contributed by atoms with Crippen LogP contribution in [-0.2, 0) is 9.59 Å². The molecule has 0 saturated heterocycles. The Labute approximate surface area is 65.9 Å². The molecule has 0 rings (SSSR count). The number of carboxylic acid groups (broad SMARTS) is 1. The molecule has 0 spiro atoms. The lowest BCUT2D eigenvalue weighted by Gasteiger charge is -1.94. The van der Waals surface area contributed by atoms with Gasteiger partial charge in [-0.3, -0.25) is 9.59 Å². The molecule has 0 saturated carbocycles. The van der Waals surface area contributed by atoms with Crippen LogP contribution in [0.5, 0.6) is 0 Å². The quantitative estimate of drug-likeness (QED) is 0.356. The van der Waals surface area contributed by atoms with Crippen LogP contribution in [0.3, 0.4) is 0 Å². The molecule has 0 atom stereocenters. The molecule has 1 amide bonds. The first kappa shape index (κ1) is 12.4. The van der Waals surface area contributed by atoms with Crippen molar-refractivity contribution >= 4 is 12.4 Å². The molecule has 2 N–H and O–H groups in total. The first-order chi connectivity index (χ1) is 5.18. The monoisotopic (exact) mass is 159 g/mol. The van der Waals surface area contributed by atoms with Gasteiger partial charge < -0.3 is 10.4 Å². The average Bonchev–Trinajstić information content (AvgIpc) is 1.89. The summed E-state index contributed by atoms with van der Waals surface area (Å²) in [6.07, 6.45) is 2.62. The number of hydrogen-bond acceptors (Lipinski definition) is 2. The molecule has 0 aliphatic heterocycles. The van der Waals surface area contributed by atoms with Gasteiger partial charge in [-0.05, 0) is 6.42 Å². The van der Waals surface area contributed by atoms with Crippen LogP contribution in [0.1, 0.15) is 13.3 Å². The molecule has 0 aromatic rings. The minimum absolute atomic E-state index is 0.0202. The van der Waals surface area contributed by atoms with Gasteiger partial charge in [-0.25, -0.2) is 0 Å². The summed E-state index contributed by atoms with van der Waals surface area (Å²) in [7, 11) is 0. The molecule has 4 heteroatoms. The summed E-state index contributed by atoms with van der Waals surface area (Å²) < 4.78 is 0. The Morgan fingerprint density at radius 3 is 2.45 bits per heavy atom. The van der Waals surface area contributed by atoms with Crippen LogP contribution in [0.25, 0.3) is 0 Å². The van der Waals surface area contributed by atoms with Gasteiger partial charge in [-0.1, -0.05) is 6.08 Å². The molecule has 0 aromatic carbocycles. The van der Waals surface area contributed by atoms with Gasteiger partial charge in [0.2, 0.25) is 5.91 Å². The van der Waals surface area contributed by atoms with Crippen molar-refractivity contribution in [2.45, 2.75) is 13.3 Å². The summed E-state index contributed by atoms with van der Waals surface area (Å²) in [5.41, 5.74) is 0. The summed E-state index contributed by atoms with van der Waals surface area (Å²) in [6, 6.07) is 0. The van der Waals surface area contributed by atoms with Crippen molar-refractivity contribution < 1.29 is 14.7 Å².